The lowest BCUT2D eigenvalue weighted by atomic mass is 9.98. The highest BCUT2D eigenvalue weighted by molar-refractivity contribution is 5.75. The van der Waals surface area contributed by atoms with Gasteiger partial charge in [0.25, 0.3) is 0 Å². The van der Waals surface area contributed by atoms with Crippen LogP contribution < -0.4 is 16.4 Å². The Kier molecular flexibility index (Phi) is 6.67. The first-order valence-electron chi connectivity index (χ1n) is 11.6. The maximum atomic E-state index is 6.64. The van der Waals surface area contributed by atoms with Gasteiger partial charge in [-0.1, -0.05) is 121 Å². The van der Waals surface area contributed by atoms with E-state index in [9.17, 15) is 0 Å². The van der Waals surface area contributed by atoms with Gasteiger partial charge in [-0.2, -0.15) is 0 Å². The quantitative estimate of drug-likeness (QED) is 0.249. The number of nitrogens with zero attached hydrogens (tertiary/aromatic N) is 2. The SMILES string of the molecule is Nc1c(NC(c2ccccc2)c2ccccc2)ncnc1NC(c1ccccc1)c1ccccc1. The first-order chi connectivity index (χ1) is 17.3. The molecule has 0 radical (unpaired) electrons. The standard InChI is InChI=1S/C30H27N5/c31-26-29(34-27(22-13-5-1-6-14-22)23-15-7-2-8-16-23)32-21-33-30(26)35-28(24-17-9-3-10-18-24)25-19-11-4-12-20-25/h1-21,27-28H,31H2,(H2,32,33,34,35). The second-order valence-corrected chi connectivity index (χ2v) is 8.28. The smallest absolute Gasteiger partial charge is 0.155 e. The molecule has 0 fully saturated rings. The van der Waals surface area contributed by atoms with Gasteiger partial charge in [-0.3, -0.25) is 0 Å². The Morgan fingerprint density at radius 3 is 1.03 bits per heavy atom. The number of anilines is 3. The topological polar surface area (TPSA) is 75.9 Å². The Labute approximate surface area is 205 Å². The van der Waals surface area contributed by atoms with Gasteiger partial charge in [0.05, 0.1) is 12.1 Å². The fourth-order valence-electron chi connectivity index (χ4n) is 4.20. The Hall–Kier alpha value is -4.64. The summed E-state index contributed by atoms with van der Waals surface area (Å²) in [6.07, 6.45) is 1.54. The van der Waals surface area contributed by atoms with Crippen LogP contribution in [-0.2, 0) is 0 Å². The molecular formula is C30H27N5. The first kappa shape index (κ1) is 22.2. The van der Waals surface area contributed by atoms with Gasteiger partial charge in [-0.05, 0) is 22.3 Å². The largest absolute Gasteiger partial charge is 0.393 e. The van der Waals surface area contributed by atoms with Crippen molar-refractivity contribution in [3.8, 4) is 0 Å². The summed E-state index contributed by atoms with van der Waals surface area (Å²) in [6, 6.07) is 40.9. The molecule has 0 atom stereocenters. The van der Waals surface area contributed by atoms with Gasteiger partial charge in [-0.15, -0.1) is 0 Å². The number of hydrogen-bond acceptors (Lipinski definition) is 5. The summed E-state index contributed by atoms with van der Waals surface area (Å²) in [6.45, 7) is 0. The minimum atomic E-state index is -0.110. The van der Waals surface area contributed by atoms with Crippen molar-refractivity contribution in [2.24, 2.45) is 0 Å². The minimum Gasteiger partial charge on any atom is -0.393 e. The highest BCUT2D eigenvalue weighted by Crippen LogP contribution is 2.33. The van der Waals surface area contributed by atoms with Gasteiger partial charge in [0.1, 0.15) is 12.0 Å². The van der Waals surface area contributed by atoms with Crippen molar-refractivity contribution in [3.05, 3.63) is 150 Å². The summed E-state index contributed by atoms with van der Waals surface area (Å²) >= 11 is 0. The monoisotopic (exact) mass is 457 g/mol. The van der Waals surface area contributed by atoms with E-state index in [1.807, 2.05) is 72.8 Å². The number of hydrogen-bond donors (Lipinski definition) is 3. The highest BCUT2D eigenvalue weighted by Gasteiger charge is 2.20. The fraction of sp³-hybridized carbons (Fsp3) is 0.0667. The van der Waals surface area contributed by atoms with Crippen LogP contribution in [-0.4, -0.2) is 9.97 Å². The molecule has 35 heavy (non-hydrogen) atoms. The number of nitrogens with two attached hydrogens (primary N) is 1. The van der Waals surface area contributed by atoms with Crippen molar-refractivity contribution >= 4 is 17.3 Å². The normalized spacial score (nSPS) is 10.9. The summed E-state index contributed by atoms with van der Waals surface area (Å²) in [5, 5.41) is 7.11. The van der Waals surface area contributed by atoms with E-state index in [2.05, 4.69) is 69.1 Å². The second-order valence-electron chi connectivity index (χ2n) is 8.28. The van der Waals surface area contributed by atoms with Crippen LogP contribution in [0.4, 0.5) is 17.3 Å². The molecule has 0 bridgehead atoms. The average molecular weight is 458 g/mol. The molecule has 0 unspecified atom stereocenters. The average Bonchev–Trinajstić information content (AvgIpc) is 2.94. The van der Waals surface area contributed by atoms with E-state index in [4.69, 9.17) is 5.73 Å². The second kappa shape index (κ2) is 10.5. The zero-order valence-corrected chi connectivity index (χ0v) is 19.3. The van der Waals surface area contributed by atoms with Crippen molar-refractivity contribution in [3.63, 3.8) is 0 Å². The molecule has 1 heterocycles. The van der Waals surface area contributed by atoms with Gasteiger partial charge < -0.3 is 16.4 Å². The van der Waals surface area contributed by atoms with Crippen molar-refractivity contribution in [1.82, 2.24) is 9.97 Å². The van der Waals surface area contributed by atoms with Crippen LogP contribution in [0.1, 0.15) is 34.3 Å². The third-order valence-electron chi connectivity index (χ3n) is 5.98. The summed E-state index contributed by atoms with van der Waals surface area (Å²) < 4.78 is 0. The van der Waals surface area contributed by atoms with Gasteiger partial charge in [-0.25, -0.2) is 9.97 Å². The number of rotatable bonds is 8. The third-order valence-corrected chi connectivity index (χ3v) is 5.98. The molecule has 5 heteroatoms. The van der Waals surface area contributed by atoms with E-state index in [0.717, 1.165) is 22.3 Å². The zero-order valence-electron chi connectivity index (χ0n) is 19.3. The summed E-state index contributed by atoms with van der Waals surface area (Å²) in [5.41, 5.74) is 11.6. The van der Waals surface area contributed by atoms with Crippen molar-refractivity contribution < 1.29 is 0 Å². The molecule has 4 N–H and O–H groups in total. The van der Waals surface area contributed by atoms with E-state index < -0.39 is 0 Å². The molecule has 5 aromatic rings. The predicted octanol–water partition coefficient (Wildman–Crippen LogP) is 6.46. The van der Waals surface area contributed by atoms with Crippen LogP contribution in [0.5, 0.6) is 0 Å². The molecule has 0 saturated carbocycles. The van der Waals surface area contributed by atoms with Crippen LogP contribution in [0.2, 0.25) is 0 Å². The van der Waals surface area contributed by atoms with Crippen LogP contribution in [0.3, 0.4) is 0 Å². The lowest BCUT2D eigenvalue weighted by molar-refractivity contribution is 0.909. The predicted molar refractivity (Wildman–Crippen MR) is 143 cm³/mol. The summed E-state index contributed by atoms with van der Waals surface area (Å²) in [7, 11) is 0. The van der Waals surface area contributed by atoms with E-state index in [1.54, 1.807) is 6.33 Å². The molecule has 4 aromatic carbocycles. The Morgan fingerprint density at radius 1 is 0.457 bits per heavy atom. The van der Waals surface area contributed by atoms with Gasteiger partial charge >= 0.3 is 0 Å². The van der Waals surface area contributed by atoms with Gasteiger partial charge in [0.2, 0.25) is 0 Å². The molecular weight excluding hydrogens is 430 g/mol. The van der Waals surface area contributed by atoms with E-state index >= 15 is 0 Å². The van der Waals surface area contributed by atoms with E-state index in [0.29, 0.717) is 17.3 Å². The van der Waals surface area contributed by atoms with Crippen molar-refractivity contribution in [1.29, 1.82) is 0 Å². The Bertz CT molecular complexity index is 1160. The highest BCUT2D eigenvalue weighted by atomic mass is 15.1. The lowest BCUT2D eigenvalue weighted by Crippen LogP contribution is -2.18. The zero-order chi connectivity index (χ0) is 23.9. The number of aromatic nitrogens is 2. The maximum Gasteiger partial charge on any atom is 0.155 e. The van der Waals surface area contributed by atoms with Crippen LogP contribution in [0, 0.1) is 0 Å². The molecule has 0 amide bonds. The number of benzene rings is 4. The van der Waals surface area contributed by atoms with Gasteiger partial charge in [0.15, 0.2) is 11.6 Å². The van der Waals surface area contributed by atoms with Crippen LogP contribution in [0.25, 0.3) is 0 Å². The lowest BCUT2D eigenvalue weighted by Gasteiger charge is -2.24. The molecule has 5 nitrogen and oxygen atoms in total. The maximum absolute atomic E-state index is 6.64. The fourth-order valence-corrected chi connectivity index (χ4v) is 4.20. The number of nitrogen functional groups attached to an aromatic ring is 1. The molecule has 5 rings (SSSR count). The van der Waals surface area contributed by atoms with Crippen molar-refractivity contribution in [2.45, 2.75) is 12.1 Å². The van der Waals surface area contributed by atoms with E-state index in [-0.39, 0.29) is 12.1 Å². The molecule has 0 aliphatic carbocycles. The Balaban J connectivity index is 1.49. The van der Waals surface area contributed by atoms with Gasteiger partial charge in [0, 0.05) is 0 Å². The molecule has 172 valence electrons. The minimum absolute atomic E-state index is 0.110. The molecule has 0 saturated heterocycles. The molecule has 0 aliphatic heterocycles. The molecule has 0 aliphatic rings. The van der Waals surface area contributed by atoms with Crippen LogP contribution in [0.15, 0.2) is 128 Å². The van der Waals surface area contributed by atoms with Crippen LogP contribution >= 0.6 is 0 Å². The summed E-state index contributed by atoms with van der Waals surface area (Å²) in [5.74, 6) is 1.17. The molecule has 0 spiro atoms. The van der Waals surface area contributed by atoms with E-state index in [1.165, 1.54) is 0 Å². The number of nitrogens with one attached hydrogen (secondary N) is 2. The molecule has 1 aromatic heterocycles. The first-order valence-corrected chi connectivity index (χ1v) is 11.6. The third kappa shape index (κ3) is 5.14. The summed E-state index contributed by atoms with van der Waals surface area (Å²) in [4.78, 5) is 8.99. The van der Waals surface area contributed by atoms with Crippen molar-refractivity contribution in [2.75, 3.05) is 16.4 Å². The Morgan fingerprint density at radius 2 is 0.743 bits per heavy atom.